The number of amides is 2. The van der Waals surface area contributed by atoms with E-state index in [0.29, 0.717) is 29.9 Å². The zero-order valence-electron chi connectivity index (χ0n) is 17.7. The summed E-state index contributed by atoms with van der Waals surface area (Å²) in [6, 6.07) is 6.94. The molecule has 0 spiro atoms. The Morgan fingerprint density at radius 1 is 1.29 bits per heavy atom. The number of nitrogens with one attached hydrogen (secondary N) is 3. The Balaban J connectivity index is 1.58. The second-order valence-corrected chi connectivity index (χ2v) is 8.10. The number of fused-ring (bicyclic) bond motifs is 1. The van der Waals surface area contributed by atoms with Gasteiger partial charge in [0.2, 0.25) is 17.8 Å². The van der Waals surface area contributed by atoms with Crippen LogP contribution < -0.4 is 25.8 Å². The normalized spacial score (nSPS) is 20.6. The molecule has 2 aliphatic rings. The van der Waals surface area contributed by atoms with E-state index in [-0.39, 0.29) is 23.7 Å². The first-order valence-corrected chi connectivity index (χ1v) is 10.7. The second kappa shape index (κ2) is 8.79. The Hall–Kier alpha value is -3.36. The van der Waals surface area contributed by atoms with Gasteiger partial charge < -0.3 is 20.3 Å². The lowest BCUT2D eigenvalue weighted by molar-refractivity contribution is -0.123. The van der Waals surface area contributed by atoms with Gasteiger partial charge in [0, 0.05) is 25.2 Å². The van der Waals surface area contributed by atoms with Crippen LogP contribution >= 0.6 is 0 Å². The molecule has 2 atom stereocenters. The number of hydrogen-bond donors (Lipinski definition) is 3. The van der Waals surface area contributed by atoms with E-state index in [0.717, 1.165) is 25.9 Å². The summed E-state index contributed by atoms with van der Waals surface area (Å²) in [5, 5.41) is 5.46. The van der Waals surface area contributed by atoms with Crippen LogP contribution in [0.4, 0.5) is 17.5 Å². The lowest BCUT2D eigenvalue weighted by atomic mass is 9.92. The molecule has 9 heteroatoms. The molecule has 2 aromatic rings. The van der Waals surface area contributed by atoms with Crippen molar-refractivity contribution in [3.05, 3.63) is 40.2 Å². The number of carbonyl (C=O) groups excluding carboxylic acids is 2. The van der Waals surface area contributed by atoms with E-state index in [1.807, 2.05) is 11.8 Å². The van der Waals surface area contributed by atoms with Crippen LogP contribution in [0.3, 0.4) is 0 Å². The average Bonchev–Trinajstić information content (AvgIpc) is 2.74. The summed E-state index contributed by atoms with van der Waals surface area (Å²) in [7, 11) is 0. The molecule has 0 bridgehead atoms. The highest BCUT2D eigenvalue weighted by Gasteiger charge is 2.35. The van der Waals surface area contributed by atoms with E-state index in [9.17, 15) is 14.4 Å². The maximum Gasteiger partial charge on any atom is 0.258 e. The van der Waals surface area contributed by atoms with Gasteiger partial charge in [0.1, 0.15) is 11.6 Å². The van der Waals surface area contributed by atoms with Crippen LogP contribution in [-0.4, -0.2) is 41.5 Å². The number of piperidine rings is 1. The van der Waals surface area contributed by atoms with Gasteiger partial charge in [-0.15, -0.1) is 0 Å². The highest BCUT2D eigenvalue weighted by Crippen LogP contribution is 2.31. The van der Waals surface area contributed by atoms with Crippen molar-refractivity contribution in [1.82, 2.24) is 9.97 Å². The van der Waals surface area contributed by atoms with Crippen LogP contribution in [0.25, 0.3) is 0 Å². The van der Waals surface area contributed by atoms with Gasteiger partial charge in [0.15, 0.2) is 0 Å². The van der Waals surface area contributed by atoms with Crippen LogP contribution in [0.5, 0.6) is 5.75 Å². The second-order valence-electron chi connectivity index (χ2n) is 8.10. The summed E-state index contributed by atoms with van der Waals surface area (Å²) in [5.41, 5.74) is 0.353. The molecule has 164 valence electrons. The fraction of sp³-hybridized carbons (Fsp3) is 0.455. The van der Waals surface area contributed by atoms with Crippen LogP contribution in [0, 0.1) is 5.92 Å². The van der Waals surface area contributed by atoms with E-state index in [1.165, 1.54) is 0 Å². The van der Waals surface area contributed by atoms with E-state index < -0.39 is 17.4 Å². The van der Waals surface area contributed by atoms with Crippen molar-refractivity contribution < 1.29 is 14.3 Å². The molecule has 0 unspecified atom stereocenters. The molecule has 3 N–H and O–H groups in total. The van der Waals surface area contributed by atoms with Gasteiger partial charge in [0.05, 0.1) is 18.1 Å². The van der Waals surface area contributed by atoms with Gasteiger partial charge in [-0.3, -0.25) is 19.4 Å². The average molecular weight is 425 g/mol. The number of rotatable bonds is 5. The molecule has 1 aromatic heterocycles. The number of aromatic nitrogens is 2. The summed E-state index contributed by atoms with van der Waals surface area (Å²) >= 11 is 0. The number of ether oxygens (including phenoxy) is 1. The van der Waals surface area contributed by atoms with E-state index in [4.69, 9.17) is 4.74 Å². The topological polar surface area (TPSA) is 116 Å². The first kappa shape index (κ1) is 20.9. The van der Waals surface area contributed by atoms with Crippen molar-refractivity contribution in [2.75, 3.05) is 35.2 Å². The van der Waals surface area contributed by atoms with E-state index in [2.05, 4.69) is 27.5 Å². The van der Waals surface area contributed by atoms with Crippen LogP contribution in [0.2, 0.25) is 0 Å². The molecule has 2 amide bonds. The number of aromatic amines is 1. The standard InChI is InChI=1S/C22H27N5O4/c1-3-31-15-8-6-14(7-9-15)23-20(29)16-11-17(28)24-19-18(16)21(30)26-22(25-19)27-10-4-5-13(2)12-27/h6-9,13,16H,3-5,10-12H2,1-2H3,(H,23,29)(H2,24,25,26,28,30)/t13-,16+/m1/s1. The molecule has 1 saturated heterocycles. The third-order valence-corrected chi connectivity index (χ3v) is 5.64. The molecule has 1 aromatic carbocycles. The van der Waals surface area contributed by atoms with Crippen LogP contribution in [-0.2, 0) is 9.59 Å². The first-order chi connectivity index (χ1) is 14.9. The minimum Gasteiger partial charge on any atom is -0.494 e. The van der Waals surface area contributed by atoms with Gasteiger partial charge in [-0.2, -0.15) is 4.98 Å². The zero-order valence-corrected chi connectivity index (χ0v) is 17.7. The molecule has 0 radical (unpaired) electrons. The van der Waals surface area contributed by atoms with Crippen molar-refractivity contribution >= 4 is 29.3 Å². The van der Waals surface area contributed by atoms with Gasteiger partial charge in [0.25, 0.3) is 5.56 Å². The van der Waals surface area contributed by atoms with Crippen LogP contribution in [0.15, 0.2) is 29.1 Å². The summed E-state index contributed by atoms with van der Waals surface area (Å²) in [5.74, 6) is 0.117. The Morgan fingerprint density at radius 3 is 2.77 bits per heavy atom. The minimum atomic E-state index is -0.916. The van der Waals surface area contributed by atoms with Gasteiger partial charge in [-0.25, -0.2) is 0 Å². The molecule has 0 saturated carbocycles. The summed E-state index contributed by atoms with van der Waals surface area (Å²) in [6.45, 7) is 6.18. The molecule has 3 heterocycles. The molecule has 2 aliphatic heterocycles. The first-order valence-electron chi connectivity index (χ1n) is 10.7. The van der Waals surface area contributed by atoms with Crippen molar-refractivity contribution in [3.63, 3.8) is 0 Å². The Kier molecular flexibility index (Phi) is 5.92. The lowest BCUT2D eigenvalue weighted by Crippen LogP contribution is -2.40. The molecule has 1 fully saturated rings. The molecule has 4 rings (SSSR count). The van der Waals surface area contributed by atoms with Gasteiger partial charge >= 0.3 is 0 Å². The van der Waals surface area contributed by atoms with E-state index in [1.54, 1.807) is 24.3 Å². The summed E-state index contributed by atoms with van der Waals surface area (Å²) in [4.78, 5) is 47.5. The Morgan fingerprint density at radius 2 is 2.06 bits per heavy atom. The van der Waals surface area contributed by atoms with Crippen molar-refractivity contribution in [3.8, 4) is 5.75 Å². The number of anilines is 3. The summed E-state index contributed by atoms with van der Waals surface area (Å²) < 4.78 is 5.40. The zero-order chi connectivity index (χ0) is 22.0. The Bertz CT molecular complexity index is 1030. The van der Waals surface area contributed by atoms with Crippen molar-refractivity contribution in [1.29, 1.82) is 0 Å². The molecule has 31 heavy (non-hydrogen) atoms. The SMILES string of the molecule is CCOc1ccc(NC(=O)[C@H]2CC(=O)Nc3nc(N4CCC[C@@H](C)C4)[nH]c(=O)c32)cc1. The lowest BCUT2D eigenvalue weighted by Gasteiger charge is -2.32. The minimum absolute atomic E-state index is 0.110. The maximum atomic E-state index is 13.0. The quantitative estimate of drug-likeness (QED) is 0.678. The third-order valence-electron chi connectivity index (χ3n) is 5.64. The summed E-state index contributed by atoms with van der Waals surface area (Å²) in [6.07, 6.45) is 2.04. The monoisotopic (exact) mass is 425 g/mol. The highest BCUT2D eigenvalue weighted by atomic mass is 16.5. The molecular weight excluding hydrogens is 398 g/mol. The number of carbonyl (C=O) groups is 2. The smallest absolute Gasteiger partial charge is 0.258 e. The predicted octanol–water partition coefficient (Wildman–Crippen LogP) is 2.47. The third kappa shape index (κ3) is 4.55. The predicted molar refractivity (Wildman–Crippen MR) is 118 cm³/mol. The molecular formula is C22H27N5O4. The fourth-order valence-corrected chi connectivity index (χ4v) is 4.15. The Labute approximate surface area is 180 Å². The largest absolute Gasteiger partial charge is 0.494 e. The van der Waals surface area contributed by atoms with Crippen molar-refractivity contribution in [2.45, 2.75) is 39.0 Å². The number of nitrogens with zero attached hydrogens (tertiary/aromatic N) is 2. The highest BCUT2D eigenvalue weighted by molar-refractivity contribution is 6.04. The van der Waals surface area contributed by atoms with Gasteiger partial charge in [-0.1, -0.05) is 6.92 Å². The molecule has 9 nitrogen and oxygen atoms in total. The van der Waals surface area contributed by atoms with E-state index >= 15 is 0 Å². The molecule has 0 aliphatic carbocycles. The fourth-order valence-electron chi connectivity index (χ4n) is 4.15. The van der Waals surface area contributed by atoms with Crippen molar-refractivity contribution in [2.24, 2.45) is 5.92 Å². The maximum absolute atomic E-state index is 13.0. The van der Waals surface area contributed by atoms with Gasteiger partial charge in [-0.05, 0) is 49.9 Å². The number of benzene rings is 1. The van der Waals surface area contributed by atoms with Crippen LogP contribution in [0.1, 0.15) is 44.6 Å². The number of hydrogen-bond acceptors (Lipinski definition) is 6. The number of H-pyrrole nitrogens is 1.